The highest BCUT2D eigenvalue weighted by Crippen LogP contribution is 2.20. The second kappa shape index (κ2) is 8.98. The van der Waals surface area contributed by atoms with Gasteiger partial charge in [0.25, 0.3) is 5.91 Å². The fourth-order valence-corrected chi connectivity index (χ4v) is 5.47. The van der Waals surface area contributed by atoms with Gasteiger partial charge in [-0.25, -0.2) is 8.42 Å². The van der Waals surface area contributed by atoms with E-state index in [-0.39, 0.29) is 42.4 Å². The average Bonchev–Trinajstić information content (AvgIpc) is 3.25. The number of H-pyrrole nitrogens is 1. The van der Waals surface area contributed by atoms with Gasteiger partial charge in [0.2, 0.25) is 0 Å². The molecule has 0 bridgehead atoms. The van der Waals surface area contributed by atoms with Crippen molar-refractivity contribution in [2.24, 2.45) is 5.92 Å². The number of ether oxygens (including phenoxy) is 1. The lowest BCUT2D eigenvalue weighted by Gasteiger charge is -2.29. The van der Waals surface area contributed by atoms with Crippen LogP contribution in [-0.4, -0.2) is 60.9 Å². The Morgan fingerprint density at radius 2 is 2.03 bits per heavy atom. The molecular weight excluding hydrogens is 392 g/mol. The number of aromatic amines is 1. The number of benzene rings is 1. The molecule has 1 aliphatic rings. The first-order valence-corrected chi connectivity index (χ1v) is 11.8. The number of aryl methyl sites for hydroxylation is 1. The van der Waals surface area contributed by atoms with Crippen molar-refractivity contribution in [2.75, 3.05) is 24.7 Å². The summed E-state index contributed by atoms with van der Waals surface area (Å²) in [6, 6.07) is 7.53. The summed E-state index contributed by atoms with van der Waals surface area (Å²) >= 11 is 0. The summed E-state index contributed by atoms with van der Waals surface area (Å²) in [4.78, 5) is 29.5. The second-order valence-electron chi connectivity index (χ2n) is 8.02. The molecule has 2 heterocycles. The number of carbonyl (C=O) groups is 2. The molecule has 8 heteroatoms. The fourth-order valence-electron chi connectivity index (χ4n) is 3.74. The molecule has 1 aromatic heterocycles. The Balaban J connectivity index is 1.52. The van der Waals surface area contributed by atoms with Crippen LogP contribution in [0.4, 0.5) is 0 Å². The van der Waals surface area contributed by atoms with Gasteiger partial charge in [-0.3, -0.25) is 9.59 Å². The van der Waals surface area contributed by atoms with Gasteiger partial charge in [-0.15, -0.1) is 0 Å². The lowest BCUT2D eigenvalue weighted by atomic mass is 10.1. The molecule has 0 radical (unpaired) electrons. The molecular formula is C21H28N2O5S. The summed E-state index contributed by atoms with van der Waals surface area (Å²) in [5.74, 6) is -0.488. The molecule has 1 atom stereocenters. The van der Waals surface area contributed by atoms with E-state index in [2.05, 4.69) is 4.98 Å². The van der Waals surface area contributed by atoms with Gasteiger partial charge in [0.15, 0.2) is 16.4 Å². The number of nitrogens with one attached hydrogen (secondary N) is 1. The van der Waals surface area contributed by atoms with Crippen LogP contribution in [0.1, 0.15) is 32.3 Å². The van der Waals surface area contributed by atoms with Crippen LogP contribution in [0.2, 0.25) is 0 Å². The van der Waals surface area contributed by atoms with Crippen LogP contribution in [0.3, 0.4) is 0 Å². The van der Waals surface area contributed by atoms with Crippen molar-refractivity contribution >= 4 is 32.6 Å². The number of hydrogen-bond acceptors (Lipinski definition) is 5. The lowest BCUT2D eigenvalue weighted by molar-refractivity contribution is -0.153. The third-order valence-electron chi connectivity index (χ3n) is 5.16. The summed E-state index contributed by atoms with van der Waals surface area (Å²) in [5.41, 5.74) is 2.04. The van der Waals surface area contributed by atoms with Crippen LogP contribution in [0, 0.1) is 5.92 Å². The Labute approximate surface area is 171 Å². The van der Waals surface area contributed by atoms with Gasteiger partial charge in [0.05, 0.1) is 11.5 Å². The van der Waals surface area contributed by atoms with Crippen LogP contribution >= 0.6 is 0 Å². The van der Waals surface area contributed by atoms with Crippen LogP contribution in [0.15, 0.2) is 30.5 Å². The highest BCUT2D eigenvalue weighted by Gasteiger charge is 2.35. The Kier molecular flexibility index (Phi) is 6.62. The van der Waals surface area contributed by atoms with Crippen molar-refractivity contribution in [1.29, 1.82) is 0 Å². The molecule has 1 aromatic carbocycles. The van der Waals surface area contributed by atoms with E-state index in [0.717, 1.165) is 16.5 Å². The molecule has 0 aliphatic carbocycles. The average molecular weight is 421 g/mol. The minimum absolute atomic E-state index is 0.0139. The quantitative estimate of drug-likeness (QED) is 0.661. The zero-order chi connectivity index (χ0) is 21.0. The van der Waals surface area contributed by atoms with E-state index in [1.807, 2.05) is 44.3 Å². The molecule has 1 saturated heterocycles. The molecule has 1 amide bonds. The number of fused-ring (bicyclic) bond motifs is 1. The van der Waals surface area contributed by atoms with Gasteiger partial charge >= 0.3 is 5.97 Å². The third-order valence-corrected chi connectivity index (χ3v) is 6.91. The number of sulfone groups is 1. The van der Waals surface area contributed by atoms with E-state index >= 15 is 0 Å². The molecule has 158 valence electrons. The van der Waals surface area contributed by atoms with E-state index in [1.54, 1.807) is 4.90 Å². The number of amides is 1. The van der Waals surface area contributed by atoms with E-state index in [9.17, 15) is 18.0 Å². The molecule has 2 aromatic rings. The highest BCUT2D eigenvalue weighted by atomic mass is 32.2. The Morgan fingerprint density at radius 1 is 1.28 bits per heavy atom. The van der Waals surface area contributed by atoms with E-state index in [0.29, 0.717) is 19.4 Å². The number of nitrogens with zero attached hydrogens (tertiary/aromatic N) is 1. The maximum Gasteiger partial charge on any atom is 0.306 e. The van der Waals surface area contributed by atoms with Crippen LogP contribution < -0.4 is 0 Å². The smallest absolute Gasteiger partial charge is 0.306 e. The van der Waals surface area contributed by atoms with Crippen LogP contribution in [0.5, 0.6) is 0 Å². The lowest BCUT2D eigenvalue weighted by Crippen LogP contribution is -2.45. The zero-order valence-electron chi connectivity index (χ0n) is 16.9. The molecule has 3 rings (SSSR count). The van der Waals surface area contributed by atoms with Crippen molar-refractivity contribution in [1.82, 2.24) is 9.88 Å². The number of carbonyl (C=O) groups excluding carboxylic acids is 2. The molecule has 0 unspecified atom stereocenters. The van der Waals surface area contributed by atoms with E-state index in [1.165, 1.54) is 0 Å². The monoisotopic (exact) mass is 420 g/mol. The van der Waals surface area contributed by atoms with Crippen molar-refractivity contribution in [3.8, 4) is 0 Å². The summed E-state index contributed by atoms with van der Waals surface area (Å²) in [5, 5.41) is 1.07. The second-order valence-corrected chi connectivity index (χ2v) is 10.2. The largest absolute Gasteiger partial charge is 0.456 e. The first-order valence-electron chi connectivity index (χ1n) is 9.95. The molecule has 1 fully saturated rings. The summed E-state index contributed by atoms with van der Waals surface area (Å²) < 4.78 is 28.8. The normalized spacial score (nSPS) is 18.2. The first-order chi connectivity index (χ1) is 13.7. The molecule has 0 spiro atoms. The Bertz CT molecular complexity index is 980. The first kappa shape index (κ1) is 21.4. The number of rotatable bonds is 8. The fraction of sp³-hybridized carbons (Fsp3) is 0.524. The van der Waals surface area contributed by atoms with Gasteiger partial charge in [0, 0.05) is 36.1 Å². The summed E-state index contributed by atoms with van der Waals surface area (Å²) in [7, 11) is -3.10. The molecule has 29 heavy (non-hydrogen) atoms. The van der Waals surface area contributed by atoms with Gasteiger partial charge in [-0.1, -0.05) is 32.0 Å². The third kappa shape index (κ3) is 5.59. The minimum Gasteiger partial charge on any atom is -0.456 e. The topological polar surface area (TPSA) is 96.5 Å². The number of para-hydroxylation sites is 1. The predicted octanol–water partition coefficient (Wildman–Crippen LogP) is 2.32. The molecule has 1 N–H and O–H groups in total. The number of hydrogen-bond donors (Lipinski definition) is 1. The number of esters is 1. The minimum atomic E-state index is -3.10. The van der Waals surface area contributed by atoms with E-state index in [4.69, 9.17) is 4.74 Å². The zero-order valence-corrected chi connectivity index (χ0v) is 17.7. The molecule has 0 saturated carbocycles. The predicted molar refractivity (Wildman–Crippen MR) is 111 cm³/mol. The standard InChI is InChI=1S/C21H28N2O5S/c1-15(2)12-23(17-9-10-29(26,27)14-17)20(24)13-28-21(25)8-7-16-11-22-19-6-4-3-5-18(16)19/h3-6,11,15,17,22H,7-10,12-14H2,1-2H3/t17-/m0/s1. The van der Waals surface area contributed by atoms with Gasteiger partial charge < -0.3 is 14.6 Å². The van der Waals surface area contributed by atoms with Gasteiger partial charge in [-0.05, 0) is 30.4 Å². The SMILES string of the molecule is CC(C)CN(C(=O)COC(=O)CCc1c[nH]c2ccccc12)[C@H]1CCS(=O)(=O)C1. The molecule has 7 nitrogen and oxygen atoms in total. The van der Waals surface area contributed by atoms with E-state index < -0.39 is 15.8 Å². The van der Waals surface area contributed by atoms with Crippen molar-refractivity contribution in [3.63, 3.8) is 0 Å². The highest BCUT2D eigenvalue weighted by molar-refractivity contribution is 7.91. The van der Waals surface area contributed by atoms with Crippen LogP contribution in [0.25, 0.3) is 10.9 Å². The van der Waals surface area contributed by atoms with Gasteiger partial charge in [0.1, 0.15) is 0 Å². The van der Waals surface area contributed by atoms with Crippen molar-refractivity contribution < 1.29 is 22.7 Å². The maximum absolute atomic E-state index is 12.6. The maximum atomic E-state index is 12.6. The van der Waals surface area contributed by atoms with Gasteiger partial charge in [-0.2, -0.15) is 0 Å². The Morgan fingerprint density at radius 3 is 2.72 bits per heavy atom. The number of aromatic nitrogens is 1. The van der Waals surface area contributed by atoms with Crippen molar-refractivity contribution in [2.45, 2.75) is 39.2 Å². The summed E-state index contributed by atoms with van der Waals surface area (Å²) in [6.45, 7) is 4.04. The van der Waals surface area contributed by atoms with Crippen LogP contribution in [-0.2, 0) is 30.6 Å². The van der Waals surface area contributed by atoms with Crippen molar-refractivity contribution in [3.05, 3.63) is 36.0 Å². The Hall–Kier alpha value is -2.35. The molecule has 1 aliphatic heterocycles. The summed E-state index contributed by atoms with van der Waals surface area (Å²) in [6.07, 6.45) is 3.02.